The Labute approximate surface area is 99.5 Å². The lowest BCUT2D eigenvalue weighted by Gasteiger charge is -2.23. The van der Waals surface area contributed by atoms with Crippen LogP contribution >= 0.6 is 0 Å². The highest BCUT2D eigenvalue weighted by atomic mass is 19.1. The van der Waals surface area contributed by atoms with E-state index in [4.69, 9.17) is 5.26 Å². The number of hydrogen-bond acceptors (Lipinski definition) is 2. The van der Waals surface area contributed by atoms with E-state index in [9.17, 15) is 9.18 Å². The van der Waals surface area contributed by atoms with Gasteiger partial charge < -0.3 is 4.90 Å². The third kappa shape index (κ3) is 2.28. The van der Waals surface area contributed by atoms with E-state index in [2.05, 4.69) is 0 Å². The van der Waals surface area contributed by atoms with Crippen LogP contribution in [0.5, 0.6) is 0 Å². The molecule has 0 saturated heterocycles. The van der Waals surface area contributed by atoms with Gasteiger partial charge in [0.15, 0.2) is 0 Å². The lowest BCUT2D eigenvalue weighted by Crippen LogP contribution is -2.32. The highest BCUT2D eigenvalue weighted by molar-refractivity contribution is 5.81. The fourth-order valence-corrected chi connectivity index (χ4v) is 1.81. The van der Waals surface area contributed by atoms with Gasteiger partial charge in [-0.3, -0.25) is 4.79 Å². The maximum atomic E-state index is 13.6. The Balaban J connectivity index is 2.24. The van der Waals surface area contributed by atoms with Gasteiger partial charge in [0.1, 0.15) is 11.9 Å². The Kier molecular flexibility index (Phi) is 3.10. The first-order valence-corrected chi connectivity index (χ1v) is 5.56. The molecule has 0 aromatic heterocycles. The smallest absolute Gasteiger partial charge is 0.226 e. The molecule has 1 fully saturated rings. The van der Waals surface area contributed by atoms with Crippen molar-refractivity contribution in [2.24, 2.45) is 5.92 Å². The highest BCUT2D eigenvalue weighted by Crippen LogP contribution is 2.33. The largest absolute Gasteiger partial charge is 0.325 e. The zero-order valence-electron chi connectivity index (χ0n) is 9.56. The topological polar surface area (TPSA) is 44.1 Å². The predicted octanol–water partition coefficient (Wildman–Crippen LogP) is 2.26. The molecule has 1 aliphatic carbocycles. The maximum Gasteiger partial charge on any atom is 0.226 e. The van der Waals surface area contributed by atoms with Gasteiger partial charge in [0, 0.05) is 18.5 Å². The SMILES string of the molecule is CN(C(=O)C1CC1)C(C#N)c1ccccc1F. The summed E-state index contributed by atoms with van der Waals surface area (Å²) in [6.45, 7) is 0. The van der Waals surface area contributed by atoms with Crippen molar-refractivity contribution in [3.8, 4) is 6.07 Å². The van der Waals surface area contributed by atoms with Gasteiger partial charge in [-0.05, 0) is 18.9 Å². The monoisotopic (exact) mass is 232 g/mol. The molecule has 4 heteroatoms. The van der Waals surface area contributed by atoms with Gasteiger partial charge >= 0.3 is 0 Å². The third-order valence-corrected chi connectivity index (χ3v) is 2.98. The molecule has 0 N–H and O–H groups in total. The van der Waals surface area contributed by atoms with Crippen LogP contribution in [-0.2, 0) is 4.79 Å². The van der Waals surface area contributed by atoms with Crippen LogP contribution < -0.4 is 0 Å². The molecule has 1 atom stereocenters. The lowest BCUT2D eigenvalue weighted by molar-refractivity contribution is -0.132. The summed E-state index contributed by atoms with van der Waals surface area (Å²) in [5, 5.41) is 9.11. The molecule has 0 aliphatic heterocycles. The molecule has 0 bridgehead atoms. The summed E-state index contributed by atoms with van der Waals surface area (Å²) in [7, 11) is 1.56. The Morgan fingerprint density at radius 3 is 2.71 bits per heavy atom. The van der Waals surface area contributed by atoms with E-state index in [0.29, 0.717) is 0 Å². The first kappa shape index (κ1) is 11.6. The lowest BCUT2D eigenvalue weighted by atomic mass is 10.1. The number of nitrogens with zero attached hydrogens (tertiary/aromatic N) is 2. The minimum absolute atomic E-state index is 0.0302. The van der Waals surface area contributed by atoms with Crippen molar-refractivity contribution >= 4 is 5.91 Å². The summed E-state index contributed by atoms with van der Waals surface area (Å²) in [4.78, 5) is 13.2. The molecule has 1 aromatic rings. The minimum atomic E-state index is -0.843. The number of hydrogen-bond donors (Lipinski definition) is 0. The summed E-state index contributed by atoms with van der Waals surface area (Å²) in [6, 6.07) is 7.22. The van der Waals surface area contributed by atoms with E-state index < -0.39 is 11.9 Å². The number of amides is 1. The maximum absolute atomic E-state index is 13.6. The first-order chi connectivity index (χ1) is 8.15. The summed E-state index contributed by atoms with van der Waals surface area (Å²) >= 11 is 0. The molecule has 1 unspecified atom stereocenters. The first-order valence-electron chi connectivity index (χ1n) is 5.56. The Morgan fingerprint density at radius 2 is 2.18 bits per heavy atom. The second-order valence-corrected chi connectivity index (χ2v) is 4.28. The van der Waals surface area contributed by atoms with Crippen molar-refractivity contribution in [1.29, 1.82) is 5.26 Å². The normalized spacial score (nSPS) is 16.1. The second-order valence-electron chi connectivity index (χ2n) is 4.28. The molecule has 17 heavy (non-hydrogen) atoms. The molecule has 88 valence electrons. The molecule has 3 nitrogen and oxygen atoms in total. The van der Waals surface area contributed by atoms with E-state index >= 15 is 0 Å². The molecule has 0 spiro atoms. The quantitative estimate of drug-likeness (QED) is 0.802. The van der Waals surface area contributed by atoms with Crippen LogP contribution in [0.1, 0.15) is 24.4 Å². The van der Waals surface area contributed by atoms with E-state index in [1.807, 2.05) is 6.07 Å². The summed E-state index contributed by atoms with van der Waals surface area (Å²) in [6.07, 6.45) is 1.75. The number of benzene rings is 1. The van der Waals surface area contributed by atoms with Gasteiger partial charge in [-0.1, -0.05) is 18.2 Å². The number of carbonyl (C=O) groups excluding carboxylic acids is 1. The van der Waals surface area contributed by atoms with Crippen LogP contribution in [0.25, 0.3) is 0 Å². The zero-order chi connectivity index (χ0) is 12.4. The molecule has 0 heterocycles. The molecule has 1 amide bonds. The van der Waals surface area contributed by atoms with Crippen molar-refractivity contribution < 1.29 is 9.18 Å². The standard InChI is InChI=1S/C13H13FN2O/c1-16(13(17)9-6-7-9)12(8-15)10-4-2-3-5-11(10)14/h2-5,9,12H,6-7H2,1H3. The molecule has 1 saturated carbocycles. The van der Waals surface area contributed by atoms with E-state index in [1.165, 1.54) is 11.0 Å². The second kappa shape index (κ2) is 4.54. The minimum Gasteiger partial charge on any atom is -0.325 e. The molecule has 2 rings (SSSR count). The number of rotatable bonds is 3. The van der Waals surface area contributed by atoms with Crippen LogP contribution in [0.4, 0.5) is 4.39 Å². The van der Waals surface area contributed by atoms with Gasteiger partial charge in [0.2, 0.25) is 5.91 Å². The Morgan fingerprint density at radius 1 is 1.53 bits per heavy atom. The third-order valence-electron chi connectivity index (χ3n) is 2.98. The van der Waals surface area contributed by atoms with E-state index in [-0.39, 0.29) is 17.4 Å². The summed E-state index contributed by atoms with van der Waals surface area (Å²) in [5.41, 5.74) is 0.256. The van der Waals surface area contributed by atoms with Crippen LogP contribution in [0.2, 0.25) is 0 Å². The van der Waals surface area contributed by atoms with Gasteiger partial charge in [-0.15, -0.1) is 0 Å². The van der Waals surface area contributed by atoms with E-state index in [0.717, 1.165) is 12.8 Å². The van der Waals surface area contributed by atoms with Crippen molar-refractivity contribution in [2.75, 3.05) is 7.05 Å². The fraction of sp³-hybridized carbons (Fsp3) is 0.385. The van der Waals surface area contributed by atoms with E-state index in [1.54, 1.807) is 25.2 Å². The van der Waals surface area contributed by atoms with Crippen molar-refractivity contribution in [3.63, 3.8) is 0 Å². The van der Waals surface area contributed by atoms with Gasteiger partial charge in [0.25, 0.3) is 0 Å². The highest BCUT2D eigenvalue weighted by Gasteiger charge is 2.35. The fourth-order valence-electron chi connectivity index (χ4n) is 1.81. The van der Waals surface area contributed by atoms with Crippen LogP contribution in [0.3, 0.4) is 0 Å². The molecule has 1 aromatic carbocycles. The number of nitriles is 1. The summed E-state index contributed by atoms with van der Waals surface area (Å²) < 4.78 is 13.6. The zero-order valence-corrected chi connectivity index (χ0v) is 9.56. The Bertz CT molecular complexity index is 477. The van der Waals surface area contributed by atoms with Crippen LogP contribution in [-0.4, -0.2) is 17.9 Å². The average Bonchev–Trinajstić information content (AvgIpc) is 3.15. The van der Waals surface area contributed by atoms with Crippen LogP contribution in [0, 0.1) is 23.1 Å². The summed E-state index contributed by atoms with van der Waals surface area (Å²) in [5.74, 6) is -0.489. The Hall–Kier alpha value is -1.89. The number of carbonyl (C=O) groups is 1. The number of halogens is 1. The van der Waals surface area contributed by atoms with Gasteiger partial charge in [-0.2, -0.15) is 5.26 Å². The molecular weight excluding hydrogens is 219 g/mol. The van der Waals surface area contributed by atoms with Gasteiger partial charge in [-0.25, -0.2) is 4.39 Å². The predicted molar refractivity (Wildman–Crippen MR) is 60.2 cm³/mol. The molecule has 0 radical (unpaired) electrons. The van der Waals surface area contributed by atoms with Gasteiger partial charge in [0.05, 0.1) is 6.07 Å². The van der Waals surface area contributed by atoms with Crippen molar-refractivity contribution in [3.05, 3.63) is 35.6 Å². The molecule has 1 aliphatic rings. The van der Waals surface area contributed by atoms with Crippen molar-refractivity contribution in [2.45, 2.75) is 18.9 Å². The van der Waals surface area contributed by atoms with Crippen LogP contribution in [0.15, 0.2) is 24.3 Å². The molecular formula is C13H13FN2O. The van der Waals surface area contributed by atoms with Crippen molar-refractivity contribution in [1.82, 2.24) is 4.90 Å². The average molecular weight is 232 g/mol.